The van der Waals surface area contributed by atoms with Gasteiger partial charge in [0.2, 0.25) is 0 Å². The smallest absolute Gasteiger partial charge is 0.0802 e. The summed E-state index contributed by atoms with van der Waals surface area (Å²) in [5.41, 5.74) is 0. The van der Waals surface area contributed by atoms with Gasteiger partial charge in [-0.05, 0) is 44.4 Å². The molecule has 1 fully saturated rings. The second kappa shape index (κ2) is 7.41. The van der Waals surface area contributed by atoms with Crippen LogP contribution in [-0.4, -0.2) is 19.8 Å². The number of aryl methyl sites for hydroxylation is 1. The minimum absolute atomic E-state index is 0.318. The third kappa shape index (κ3) is 3.80. The molecule has 1 aromatic heterocycles. The highest BCUT2D eigenvalue weighted by molar-refractivity contribution is 7.12. The van der Waals surface area contributed by atoms with E-state index in [4.69, 9.17) is 4.74 Å². The molecule has 2 nitrogen and oxygen atoms in total. The molecule has 2 atom stereocenters. The van der Waals surface area contributed by atoms with Crippen LogP contribution in [0.2, 0.25) is 0 Å². The maximum absolute atomic E-state index is 5.91. The van der Waals surface area contributed by atoms with Gasteiger partial charge in [0, 0.05) is 16.9 Å². The van der Waals surface area contributed by atoms with Gasteiger partial charge in [-0.2, -0.15) is 0 Å². The number of ether oxygens (including phenoxy) is 1. The van der Waals surface area contributed by atoms with E-state index in [0.717, 1.165) is 6.54 Å². The van der Waals surface area contributed by atoms with Gasteiger partial charge in [0.1, 0.15) is 0 Å². The summed E-state index contributed by atoms with van der Waals surface area (Å²) < 4.78 is 5.91. The number of thiophene rings is 1. The molecule has 1 aromatic rings. The van der Waals surface area contributed by atoms with E-state index in [0.29, 0.717) is 18.1 Å². The topological polar surface area (TPSA) is 21.3 Å². The highest BCUT2D eigenvalue weighted by Crippen LogP contribution is 2.36. The molecule has 1 N–H and O–H groups in total. The summed E-state index contributed by atoms with van der Waals surface area (Å²) in [6.45, 7) is 5.36. The van der Waals surface area contributed by atoms with Crippen LogP contribution in [0.3, 0.4) is 0 Å². The Morgan fingerprint density at radius 1 is 1.32 bits per heavy atom. The molecular formula is C16H27NOS. The molecule has 0 aromatic carbocycles. The van der Waals surface area contributed by atoms with Crippen molar-refractivity contribution in [3.05, 3.63) is 21.9 Å². The molecule has 1 heterocycles. The van der Waals surface area contributed by atoms with Gasteiger partial charge >= 0.3 is 0 Å². The SMILES string of the molecule is CCNC(c1ccc(C)s1)C(OC)C1CCCCC1. The van der Waals surface area contributed by atoms with Gasteiger partial charge in [-0.25, -0.2) is 0 Å². The van der Waals surface area contributed by atoms with Gasteiger partial charge in [0.25, 0.3) is 0 Å². The van der Waals surface area contributed by atoms with Crippen molar-refractivity contribution in [2.75, 3.05) is 13.7 Å². The molecular weight excluding hydrogens is 254 g/mol. The highest BCUT2D eigenvalue weighted by atomic mass is 32.1. The number of methoxy groups -OCH3 is 1. The second-order valence-electron chi connectivity index (χ2n) is 5.58. The third-order valence-corrected chi connectivity index (χ3v) is 5.29. The zero-order chi connectivity index (χ0) is 13.7. The summed E-state index contributed by atoms with van der Waals surface area (Å²) in [5, 5.41) is 3.65. The molecule has 0 saturated heterocycles. The van der Waals surface area contributed by atoms with Crippen molar-refractivity contribution >= 4 is 11.3 Å². The van der Waals surface area contributed by atoms with E-state index in [2.05, 4.69) is 31.3 Å². The van der Waals surface area contributed by atoms with Crippen LogP contribution in [-0.2, 0) is 4.74 Å². The van der Waals surface area contributed by atoms with E-state index in [-0.39, 0.29) is 0 Å². The van der Waals surface area contributed by atoms with Crippen LogP contribution in [0.1, 0.15) is 54.8 Å². The number of hydrogen-bond acceptors (Lipinski definition) is 3. The Kier molecular flexibility index (Phi) is 5.86. The van der Waals surface area contributed by atoms with Gasteiger partial charge in [-0.3, -0.25) is 0 Å². The van der Waals surface area contributed by atoms with Gasteiger partial charge in [0.05, 0.1) is 12.1 Å². The molecule has 19 heavy (non-hydrogen) atoms. The monoisotopic (exact) mass is 281 g/mol. The van der Waals surface area contributed by atoms with Gasteiger partial charge < -0.3 is 10.1 Å². The molecule has 0 spiro atoms. The zero-order valence-electron chi connectivity index (χ0n) is 12.4. The Bertz CT molecular complexity index is 371. The second-order valence-corrected chi connectivity index (χ2v) is 6.90. The fourth-order valence-electron chi connectivity index (χ4n) is 3.28. The fourth-order valence-corrected chi connectivity index (χ4v) is 4.27. The van der Waals surface area contributed by atoms with Crippen molar-refractivity contribution in [2.45, 2.75) is 58.1 Å². The van der Waals surface area contributed by atoms with Crippen LogP contribution in [0.25, 0.3) is 0 Å². The van der Waals surface area contributed by atoms with Crippen molar-refractivity contribution in [1.82, 2.24) is 5.32 Å². The summed E-state index contributed by atoms with van der Waals surface area (Å²) in [6.07, 6.45) is 7.10. The van der Waals surface area contributed by atoms with Crippen LogP contribution in [0, 0.1) is 12.8 Å². The molecule has 1 aliphatic rings. The average molecular weight is 281 g/mol. The largest absolute Gasteiger partial charge is 0.379 e. The quantitative estimate of drug-likeness (QED) is 0.839. The maximum atomic E-state index is 5.91. The minimum atomic E-state index is 0.318. The summed E-state index contributed by atoms with van der Waals surface area (Å²) in [7, 11) is 1.88. The van der Waals surface area contributed by atoms with Crippen molar-refractivity contribution in [3.63, 3.8) is 0 Å². The summed E-state index contributed by atoms with van der Waals surface area (Å²) >= 11 is 1.90. The normalized spacial score (nSPS) is 20.4. The zero-order valence-corrected chi connectivity index (χ0v) is 13.3. The first kappa shape index (κ1) is 15.0. The van der Waals surface area contributed by atoms with Gasteiger partial charge in [0.15, 0.2) is 0 Å². The lowest BCUT2D eigenvalue weighted by molar-refractivity contribution is 0.00880. The molecule has 1 aliphatic carbocycles. The first-order valence-corrected chi connectivity index (χ1v) is 8.40. The molecule has 0 radical (unpaired) electrons. The number of nitrogens with one attached hydrogen (secondary N) is 1. The van der Waals surface area contributed by atoms with Crippen molar-refractivity contribution in [1.29, 1.82) is 0 Å². The number of likely N-dealkylation sites (N-methyl/N-ethyl adjacent to an activating group) is 1. The Hall–Kier alpha value is -0.380. The number of rotatable bonds is 6. The van der Waals surface area contributed by atoms with E-state index in [1.165, 1.54) is 41.9 Å². The van der Waals surface area contributed by atoms with Crippen LogP contribution < -0.4 is 5.32 Å². The Labute approximate surface area is 121 Å². The molecule has 0 bridgehead atoms. The van der Waals surface area contributed by atoms with Crippen LogP contribution in [0.15, 0.2) is 12.1 Å². The number of hydrogen-bond donors (Lipinski definition) is 1. The molecule has 3 heteroatoms. The standard InChI is InChI=1S/C16H27NOS/c1-4-17-15(14-11-10-12(2)19-14)16(18-3)13-8-6-5-7-9-13/h10-11,13,15-17H,4-9H2,1-3H3. The Morgan fingerprint density at radius 2 is 2.05 bits per heavy atom. The third-order valence-electron chi connectivity index (χ3n) is 4.21. The van der Waals surface area contributed by atoms with E-state index < -0.39 is 0 Å². The summed E-state index contributed by atoms with van der Waals surface area (Å²) in [5.74, 6) is 0.713. The first-order chi connectivity index (χ1) is 9.26. The van der Waals surface area contributed by atoms with E-state index in [1.807, 2.05) is 18.4 Å². The molecule has 2 rings (SSSR count). The predicted molar refractivity (Wildman–Crippen MR) is 82.8 cm³/mol. The molecule has 0 aliphatic heterocycles. The van der Waals surface area contributed by atoms with Gasteiger partial charge in [-0.15, -0.1) is 11.3 Å². The lowest BCUT2D eigenvalue weighted by Crippen LogP contribution is -2.38. The predicted octanol–water partition coefficient (Wildman–Crippen LogP) is 4.30. The summed E-state index contributed by atoms with van der Waals surface area (Å²) in [4.78, 5) is 2.81. The molecule has 1 saturated carbocycles. The highest BCUT2D eigenvalue weighted by Gasteiger charge is 2.31. The van der Waals surface area contributed by atoms with Crippen molar-refractivity contribution in [2.24, 2.45) is 5.92 Å². The van der Waals surface area contributed by atoms with Crippen LogP contribution >= 0.6 is 11.3 Å². The van der Waals surface area contributed by atoms with E-state index in [9.17, 15) is 0 Å². The fraction of sp³-hybridized carbons (Fsp3) is 0.750. The maximum Gasteiger partial charge on any atom is 0.0802 e. The van der Waals surface area contributed by atoms with Gasteiger partial charge in [-0.1, -0.05) is 26.2 Å². The van der Waals surface area contributed by atoms with Crippen LogP contribution in [0.4, 0.5) is 0 Å². The average Bonchev–Trinajstić information content (AvgIpc) is 2.86. The van der Waals surface area contributed by atoms with Crippen molar-refractivity contribution < 1.29 is 4.74 Å². The Morgan fingerprint density at radius 3 is 2.58 bits per heavy atom. The minimum Gasteiger partial charge on any atom is -0.379 e. The molecule has 0 amide bonds. The lowest BCUT2D eigenvalue weighted by atomic mass is 9.82. The van der Waals surface area contributed by atoms with E-state index in [1.54, 1.807) is 0 Å². The van der Waals surface area contributed by atoms with E-state index >= 15 is 0 Å². The lowest BCUT2D eigenvalue weighted by Gasteiger charge is -2.35. The summed E-state index contributed by atoms with van der Waals surface area (Å²) in [6, 6.07) is 4.84. The Balaban J connectivity index is 2.14. The van der Waals surface area contributed by atoms with Crippen molar-refractivity contribution in [3.8, 4) is 0 Å². The van der Waals surface area contributed by atoms with Crippen LogP contribution in [0.5, 0.6) is 0 Å². The molecule has 108 valence electrons. The molecule has 2 unspecified atom stereocenters. The first-order valence-electron chi connectivity index (χ1n) is 7.58.